The molecule has 0 amide bonds. The third kappa shape index (κ3) is 2.70. The summed E-state index contributed by atoms with van der Waals surface area (Å²) in [6.45, 7) is 4.95. The van der Waals surface area contributed by atoms with Crippen LogP contribution in [0.25, 0.3) is 0 Å². The predicted molar refractivity (Wildman–Crippen MR) is 66.4 cm³/mol. The summed E-state index contributed by atoms with van der Waals surface area (Å²) < 4.78 is 19.6. The second kappa shape index (κ2) is 4.93. The smallest absolute Gasteiger partial charge is 0.272 e. The molecule has 1 aromatic carbocycles. The molecule has 5 nitrogen and oxygen atoms in total. The van der Waals surface area contributed by atoms with E-state index in [0.717, 1.165) is 0 Å². The van der Waals surface area contributed by atoms with E-state index < -0.39 is 26.7 Å². The molecule has 1 rings (SSSR count). The lowest BCUT2D eigenvalue weighted by molar-refractivity contribution is -0.385. The number of nitro groups is 1. The molecule has 0 aliphatic carbocycles. The van der Waals surface area contributed by atoms with Crippen LogP contribution in [0.4, 0.5) is 5.69 Å². The first-order valence-corrected chi connectivity index (χ1v) is 6.23. The van der Waals surface area contributed by atoms with E-state index in [2.05, 4.69) is 0 Å². The second-order valence-corrected chi connectivity index (χ2v) is 5.94. The van der Waals surface area contributed by atoms with Crippen molar-refractivity contribution in [1.82, 2.24) is 0 Å². The maximum atomic E-state index is 11.3. The Hall–Kier alpha value is -1.27. The molecule has 0 aliphatic heterocycles. The largest absolute Gasteiger partial charge is 0.306 e. The molecule has 0 aliphatic rings. The van der Waals surface area contributed by atoms with Crippen LogP contribution < -0.4 is 0 Å². The fourth-order valence-corrected chi connectivity index (χ4v) is 1.98. The number of hydrogen-bond acceptors (Lipinski definition) is 3. The molecule has 94 valence electrons. The van der Waals surface area contributed by atoms with Crippen LogP contribution in [0.15, 0.2) is 24.3 Å². The van der Waals surface area contributed by atoms with Gasteiger partial charge in [-0.25, -0.2) is 4.21 Å². The van der Waals surface area contributed by atoms with Crippen LogP contribution in [0.3, 0.4) is 0 Å². The third-order valence-corrected chi connectivity index (χ3v) is 4.35. The maximum absolute atomic E-state index is 11.3. The molecular formula is C11H15NO4S. The molecule has 6 heteroatoms. The van der Waals surface area contributed by atoms with Crippen LogP contribution in [0.5, 0.6) is 0 Å². The molecule has 0 spiro atoms. The van der Waals surface area contributed by atoms with Crippen molar-refractivity contribution >= 4 is 16.8 Å². The summed E-state index contributed by atoms with van der Waals surface area (Å²) in [6, 6.07) is 6.30. The maximum Gasteiger partial charge on any atom is 0.272 e. The minimum atomic E-state index is -2.05. The van der Waals surface area contributed by atoms with Gasteiger partial charge in [-0.15, -0.1) is 0 Å². The van der Waals surface area contributed by atoms with E-state index in [9.17, 15) is 18.9 Å². The number of hydrogen-bond donors (Lipinski definition) is 1. The molecule has 17 heavy (non-hydrogen) atoms. The summed E-state index contributed by atoms with van der Waals surface area (Å²) in [6.07, 6.45) is 0. The first-order valence-electron chi connectivity index (χ1n) is 5.12. The summed E-state index contributed by atoms with van der Waals surface area (Å²) in [4.78, 5) is 10.4. The van der Waals surface area contributed by atoms with Crippen LogP contribution in [0.1, 0.15) is 32.3 Å². The summed E-state index contributed by atoms with van der Waals surface area (Å²) >= 11 is -2.05. The van der Waals surface area contributed by atoms with Gasteiger partial charge in [0.15, 0.2) is 11.1 Å². The Labute approximate surface area is 102 Å². The van der Waals surface area contributed by atoms with Crippen molar-refractivity contribution in [2.24, 2.45) is 0 Å². The number of nitro benzene ring substituents is 1. The Morgan fingerprint density at radius 2 is 1.94 bits per heavy atom. The van der Waals surface area contributed by atoms with E-state index in [1.165, 1.54) is 6.07 Å². The summed E-state index contributed by atoms with van der Waals surface area (Å²) in [7, 11) is 0. The van der Waals surface area contributed by atoms with Crippen molar-refractivity contribution in [2.75, 3.05) is 0 Å². The monoisotopic (exact) mass is 257 g/mol. The molecule has 0 saturated carbocycles. The van der Waals surface area contributed by atoms with Gasteiger partial charge in [0.1, 0.15) is 0 Å². The van der Waals surface area contributed by atoms with Crippen molar-refractivity contribution in [3.8, 4) is 0 Å². The molecule has 0 bridgehead atoms. The zero-order valence-electron chi connectivity index (χ0n) is 9.91. The Balaban J connectivity index is 3.26. The van der Waals surface area contributed by atoms with Gasteiger partial charge in [-0.3, -0.25) is 10.1 Å². The highest BCUT2D eigenvalue weighted by Crippen LogP contribution is 2.36. The fraction of sp³-hybridized carbons (Fsp3) is 0.455. The molecule has 1 aromatic rings. The van der Waals surface area contributed by atoms with Gasteiger partial charge in [0, 0.05) is 17.5 Å². The Morgan fingerprint density at radius 1 is 1.41 bits per heavy atom. The molecule has 1 N–H and O–H groups in total. The van der Waals surface area contributed by atoms with Crippen molar-refractivity contribution in [1.29, 1.82) is 0 Å². The molecule has 0 radical (unpaired) electrons. The van der Waals surface area contributed by atoms with Gasteiger partial charge in [0.2, 0.25) is 0 Å². The Kier molecular flexibility index (Phi) is 4.00. The lowest BCUT2D eigenvalue weighted by Crippen LogP contribution is -2.32. The van der Waals surface area contributed by atoms with Crippen molar-refractivity contribution in [2.45, 2.75) is 31.4 Å². The standard InChI is InChI=1S/C11H15NO4S/c1-8(11(2,3)17(15)16)9-6-4-5-7-10(9)12(13)14/h4-8H,1-3H3,(H,15,16). The highest BCUT2D eigenvalue weighted by molar-refractivity contribution is 7.80. The van der Waals surface area contributed by atoms with E-state index in [0.29, 0.717) is 5.56 Å². The van der Waals surface area contributed by atoms with Gasteiger partial charge in [-0.1, -0.05) is 25.1 Å². The fourth-order valence-electron chi connectivity index (χ4n) is 1.55. The zero-order chi connectivity index (χ0) is 13.2. The molecule has 0 saturated heterocycles. The van der Waals surface area contributed by atoms with Gasteiger partial charge >= 0.3 is 0 Å². The quantitative estimate of drug-likeness (QED) is 0.511. The molecule has 0 fully saturated rings. The van der Waals surface area contributed by atoms with E-state index >= 15 is 0 Å². The van der Waals surface area contributed by atoms with Crippen LogP contribution in [-0.4, -0.2) is 18.4 Å². The minimum absolute atomic E-state index is 0.0153. The average Bonchev–Trinajstić information content (AvgIpc) is 2.27. The number of para-hydroxylation sites is 1. The van der Waals surface area contributed by atoms with Gasteiger partial charge in [-0.2, -0.15) is 0 Å². The van der Waals surface area contributed by atoms with Crippen LogP contribution >= 0.6 is 0 Å². The van der Waals surface area contributed by atoms with Gasteiger partial charge < -0.3 is 4.55 Å². The van der Waals surface area contributed by atoms with E-state index in [4.69, 9.17) is 0 Å². The highest BCUT2D eigenvalue weighted by Gasteiger charge is 2.36. The second-order valence-electron chi connectivity index (χ2n) is 4.39. The molecule has 0 heterocycles. The van der Waals surface area contributed by atoms with Crippen LogP contribution in [0.2, 0.25) is 0 Å². The van der Waals surface area contributed by atoms with Crippen molar-refractivity contribution in [3.05, 3.63) is 39.9 Å². The Bertz CT molecular complexity index is 459. The number of rotatable bonds is 4. The number of nitrogens with zero attached hydrogens (tertiary/aromatic N) is 1. The van der Waals surface area contributed by atoms with Gasteiger partial charge in [-0.05, 0) is 13.8 Å². The number of benzene rings is 1. The highest BCUT2D eigenvalue weighted by atomic mass is 32.2. The lowest BCUT2D eigenvalue weighted by Gasteiger charge is -2.27. The van der Waals surface area contributed by atoms with Crippen LogP contribution in [0, 0.1) is 10.1 Å². The summed E-state index contributed by atoms with van der Waals surface area (Å²) in [5, 5.41) is 10.9. The first-order chi connectivity index (χ1) is 7.78. The van der Waals surface area contributed by atoms with E-state index in [-0.39, 0.29) is 5.69 Å². The van der Waals surface area contributed by atoms with Gasteiger partial charge in [0.25, 0.3) is 5.69 Å². The minimum Gasteiger partial charge on any atom is -0.306 e. The van der Waals surface area contributed by atoms with Crippen molar-refractivity contribution < 1.29 is 13.7 Å². The van der Waals surface area contributed by atoms with Crippen molar-refractivity contribution in [3.63, 3.8) is 0 Å². The molecular weight excluding hydrogens is 242 g/mol. The first kappa shape index (κ1) is 13.8. The van der Waals surface area contributed by atoms with Crippen LogP contribution in [-0.2, 0) is 11.1 Å². The average molecular weight is 257 g/mol. The SMILES string of the molecule is CC(c1ccccc1[N+](=O)[O-])C(C)(C)S(=O)O. The lowest BCUT2D eigenvalue weighted by atomic mass is 9.88. The third-order valence-electron chi connectivity index (χ3n) is 3.09. The Morgan fingerprint density at radius 3 is 2.41 bits per heavy atom. The normalized spacial score (nSPS) is 15.3. The van der Waals surface area contributed by atoms with E-state index in [1.807, 2.05) is 0 Å². The molecule has 2 unspecified atom stereocenters. The molecule has 0 aromatic heterocycles. The molecule has 2 atom stereocenters. The zero-order valence-corrected chi connectivity index (χ0v) is 10.7. The summed E-state index contributed by atoms with van der Waals surface area (Å²) in [5.74, 6) is -0.394. The predicted octanol–water partition coefficient (Wildman–Crippen LogP) is 2.70. The van der Waals surface area contributed by atoms with E-state index in [1.54, 1.807) is 39.0 Å². The van der Waals surface area contributed by atoms with Gasteiger partial charge in [0.05, 0.1) is 9.67 Å². The summed E-state index contributed by atoms with van der Waals surface area (Å²) in [5.41, 5.74) is 0.462. The topological polar surface area (TPSA) is 80.4 Å².